The molecule has 0 amide bonds. The third-order valence-corrected chi connectivity index (χ3v) is 3.56. The summed E-state index contributed by atoms with van der Waals surface area (Å²) in [6.45, 7) is 8.35. The van der Waals surface area contributed by atoms with E-state index in [0.29, 0.717) is 0 Å². The van der Waals surface area contributed by atoms with Crippen molar-refractivity contribution in [3.8, 4) is 22.8 Å². The lowest BCUT2D eigenvalue weighted by atomic mass is 10.1. The number of aromatic nitrogens is 3. The molecule has 0 aliphatic rings. The van der Waals surface area contributed by atoms with Crippen LogP contribution in [0.15, 0.2) is 30.3 Å². The highest BCUT2D eigenvalue weighted by molar-refractivity contribution is 5.66. The molecule has 0 bridgehead atoms. The van der Waals surface area contributed by atoms with Crippen molar-refractivity contribution in [3.63, 3.8) is 0 Å². The van der Waals surface area contributed by atoms with Gasteiger partial charge >= 0.3 is 0 Å². The minimum Gasteiger partial charge on any atom is -0.357 e. The average molecular weight is 265 g/mol. The number of hydrogen-bond acceptors (Lipinski definition) is 1. The van der Waals surface area contributed by atoms with Crippen LogP contribution in [0.1, 0.15) is 22.5 Å². The van der Waals surface area contributed by atoms with Crippen LogP contribution in [-0.4, -0.2) is 15.0 Å². The molecular weight excluding hydrogens is 246 g/mol. The number of nitrogens with one attached hydrogen (secondary N) is 2. The van der Waals surface area contributed by atoms with Gasteiger partial charge in [-0.25, -0.2) is 4.98 Å². The van der Waals surface area contributed by atoms with E-state index < -0.39 is 0 Å². The lowest BCUT2D eigenvalue weighted by Crippen LogP contribution is -1.91. The first-order chi connectivity index (χ1) is 9.54. The summed E-state index contributed by atoms with van der Waals surface area (Å²) in [6, 6.07) is 10.4. The van der Waals surface area contributed by atoms with E-state index in [0.717, 1.165) is 34.2 Å². The molecule has 3 rings (SSSR count). The number of pyridine rings is 1. The zero-order valence-electron chi connectivity index (χ0n) is 12.3. The standard InChI is InChI=1S/C17H19N3/c1-10-8-12(3)18-16(10)14-6-5-7-15(20-14)17-11(2)9-13(4)19-17/h5-9,18-19H,1-4H3. The Morgan fingerprint density at radius 2 is 1.20 bits per heavy atom. The summed E-state index contributed by atoms with van der Waals surface area (Å²) in [5.41, 5.74) is 8.96. The molecule has 0 atom stereocenters. The van der Waals surface area contributed by atoms with Gasteiger partial charge in [0.2, 0.25) is 0 Å². The van der Waals surface area contributed by atoms with Crippen molar-refractivity contribution in [3.05, 3.63) is 52.8 Å². The fourth-order valence-corrected chi connectivity index (χ4v) is 2.70. The van der Waals surface area contributed by atoms with E-state index >= 15 is 0 Å². The highest BCUT2D eigenvalue weighted by atomic mass is 14.8. The Morgan fingerprint density at radius 1 is 0.750 bits per heavy atom. The first kappa shape index (κ1) is 12.7. The summed E-state index contributed by atoms with van der Waals surface area (Å²) in [6.07, 6.45) is 0. The number of hydrogen-bond donors (Lipinski definition) is 2. The summed E-state index contributed by atoms with van der Waals surface area (Å²) >= 11 is 0. The van der Waals surface area contributed by atoms with E-state index in [1.807, 2.05) is 12.1 Å². The lowest BCUT2D eigenvalue weighted by Gasteiger charge is -2.04. The second-order valence-electron chi connectivity index (χ2n) is 5.43. The van der Waals surface area contributed by atoms with E-state index in [2.05, 4.69) is 55.9 Å². The Kier molecular flexibility index (Phi) is 2.97. The van der Waals surface area contributed by atoms with Crippen LogP contribution in [0, 0.1) is 27.7 Å². The smallest absolute Gasteiger partial charge is 0.0875 e. The predicted octanol–water partition coefficient (Wildman–Crippen LogP) is 4.31. The van der Waals surface area contributed by atoms with Gasteiger partial charge in [-0.15, -0.1) is 0 Å². The molecule has 3 aromatic heterocycles. The molecule has 0 saturated heterocycles. The van der Waals surface area contributed by atoms with E-state index in [9.17, 15) is 0 Å². The van der Waals surface area contributed by atoms with Gasteiger partial charge in [0.15, 0.2) is 0 Å². The van der Waals surface area contributed by atoms with Gasteiger partial charge in [-0.3, -0.25) is 0 Å². The Hall–Kier alpha value is -2.29. The van der Waals surface area contributed by atoms with Crippen LogP contribution in [0.3, 0.4) is 0 Å². The van der Waals surface area contributed by atoms with Crippen LogP contribution in [-0.2, 0) is 0 Å². The highest BCUT2D eigenvalue weighted by Crippen LogP contribution is 2.26. The molecule has 3 nitrogen and oxygen atoms in total. The van der Waals surface area contributed by atoms with E-state index in [-0.39, 0.29) is 0 Å². The van der Waals surface area contributed by atoms with Gasteiger partial charge in [0.05, 0.1) is 22.8 Å². The number of nitrogens with zero attached hydrogens (tertiary/aromatic N) is 1. The molecule has 0 saturated carbocycles. The topological polar surface area (TPSA) is 44.5 Å². The largest absolute Gasteiger partial charge is 0.357 e. The molecule has 0 aliphatic heterocycles. The van der Waals surface area contributed by atoms with Gasteiger partial charge in [0.1, 0.15) is 0 Å². The van der Waals surface area contributed by atoms with Gasteiger partial charge in [-0.1, -0.05) is 6.07 Å². The number of H-pyrrole nitrogens is 2. The van der Waals surface area contributed by atoms with Crippen LogP contribution in [0.2, 0.25) is 0 Å². The highest BCUT2D eigenvalue weighted by Gasteiger charge is 2.10. The van der Waals surface area contributed by atoms with Crippen LogP contribution < -0.4 is 0 Å². The average Bonchev–Trinajstić information content (AvgIpc) is 2.91. The molecule has 0 fully saturated rings. The second-order valence-corrected chi connectivity index (χ2v) is 5.43. The first-order valence-corrected chi connectivity index (χ1v) is 6.85. The summed E-state index contributed by atoms with van der Waals surface area (Å²) in [5.74, 6) is 0. The lowest BCUT2D eigenvalue weighted by molar-refractivity contribution is 1.20. The molecule has 0 aromatic carbocycles. The third-order valence-electron chi connectivity index (χ3n) is 3.56. The summed E-state index contributed by atoms with van der Waals surface area (Å²) < 4.78 is 0. The molecule has 3 aromatic rings. The molecule has 0 spiro atoms. The Labute approximate surface area is 119 Å². The molecule has 3 heterocycles. The van der Waals surface area contributed by atoms with Crippen molar-refractivity contribution in [1.29, 1.82) is 0 Å². The van der Waals surface area contributed by atoms with Crippen LogP contribution in [0.25, 0.3) is 22.8 Å². The first-order valence-electron chi connectivity index (χ1n) is 6.85. The minimum absolute atomic E-state index is 0.986. The molecule has 0 unspecified atom stereocenters. The van der Waals surface area contributed by atoms with Crippen LogP contribution in [0.4, 0.5) is 0 Å². The van der Waals surface area contributed by atoms with Crippen molar-refractivity contribution in [2.24, 2.45) is 0 Å². The number of aryl methyl sites for hydroxylation is 4. The Balaban J connectivity index is 2.10. The van der Waals surface area contributed by atoms with E-state index in [4.69, 9.17) is 4.98 Å². The van der Waals surface area contributed by atoms with Gasteiger partial charge in [0.25, 0.3) is 0 Å². The van der Waals surface area contributed by atoms with Gasteiger partial charge in [-0.05, 0) is 63.1 Å². The van der Waals surface area contributed by atoms with Crippen molar-refractivity contribution in [2.45, 2.75) is 27.7 Å². The molecule has 20 heavy (non-hydrogen) atoms. The van der Waals surface area contributed by atoms with Gasteiger partial charge in [-0.2, -0.15) is 0 Å². The zero-order chi connectivity index (χ0) is 14.3. The van der Waals surface area contributed by atoms with Gasteiger partial charge < -0.3 is 9.97 Å². The fourth-order valence-electron chi connectivity index (χ4n) is 2.70. The number of aromatic amines is 2. The SMILES string of the molecule is Cc1cc(C)c(-c2cccc(-c3[nH]c(C)cc3C)n2)[nH]1. The van der Waals surface area contributed by atoms with E-state index in [1.165, 1.54) is 11.1 Å². The molecule has 3 heteroatoms. The quantitative estimate of drug-likeness (QED) is 0.712. The van der Waals surface area contributed by atoms with Gasteiger partial charge in [0, 0.05) is 11.4 Å². The van der Waals surface area contributed by atoms with E-state index in [1.54, 1.807) is 0 Å². The van der Waals surface area contributed by atoms with Crippen LogP contribution >= 0.6 is 0 Å². The van der Waals surface area contributed by atoms with Crippen molar-refractivity contribution in [2.75, 3.05) is 0 Å². The predicted molar refractivity (Wildman–Crippen MR) is 82.8 cm³/mol. The molecule has 0 aliphatic carbocycles. The third kappa shape index (κ3) is 2.16. The van der Waals surface area contributed by atoms with Crippen molar-refractivity contribution in [1.82, 2.24) is 15.0 Å². The monoisotopic (exact) mass is 265 g/mol. The Bertz CT molecular complexity index is 701. The van der Waals surface area contributed by atoms with Crippen LogP contribution in [0.5, 0.6) is 0 Å². The number of rotatable bonds is 2. The maximum atomic E-state index is 4.80. The normalized spacial score (nSPS) is 11.0. The summed E-state index contributed by atoms with van der Waals surface area (Å²) in [7, 11) is 0. The zero-order valence-corrected chi connectivity index (χ0v) is 12.3. The molecule has 102 valence electrons. The molecule has 0 radical (unpaired) electrons. The van der Waals surface area contributed by atoms with Crippen molar-refractivity contribution >= 4 is 0 Å². The molecule has 2 N–H and O–H groups in total. The maximum absolute atomic E-state index is 4.80. The fraction of sp³-hybridized carbons (Fsp3) is 0.235. The Morgan fingerprint density at radius 3 is 1.55 bits per heavy atom. The maximum Gasteiger partial charge on any atom is 0.0875 e. The summed E-state index contributed by atoms with van der Waals surface area (Å²) in [4.78, 5) is 11.6. The summed E-state index contributed by atoms with van der Waals surface area (Å²) in [5, 5.41) is 0. The van der Waals surface area contributed by atoms with Crippen molar-refractivity contribution < 1.29 is 0 Å². The molecular formula is C17H19N3. The second kappa shape index (κ2) is 4.67. The minimum atomic E-state index is 0.986.